The van der Waals surface area contributed by atoms with Crippen molar-refractivity contribution in [1.82, 2.24) is 0 Å². The summed E-state index contributed by atoms with van der Waals surface area (Å²) in [6.45, 7) is 10.1. The Labute approximate surface area is 191 Å². The summed E-state index contributed by atoms with van der Waals surface area (Å²) in [6, 6.07) is 0. The van der Waals surface area contributed by atoms with Crippen molar-refractivity contribution in [1.29, 1.82) is 0 Å². The van der Waals surface area contributed by atoms with Gasteiger partial charge in [0.25, 0.3) is 0 Å². The largest absolute Gasteiger partial charge is 0.390 e. The molecule has 32 heavy (non-hydrogen) atoms. The number of fused-ring (bicyclic) bond motifs is 4. The summed E-state index contributed by atoms with van der Waals surface area (Å²) in [5.74, 6) is 0.231. The molecule has 0 spiro atoms. The monoisotopic (exact) mass is 444 g/mol. The molecular weight excluding hydrogens is 404 g/mol. The molecule has 0 amide bonds. The summed E-state index contributed by atoms with van der Waals surface area (Å²) in [5.41, 5.74) is 1.34. The highest BCUT2D eigenvalue weighted by Crippen LogP contribution is 2.72. The lowest BCUT2D eigenvalue weighted by atomic mass is 9.44. The molecule has 3 saturated carbocycles. The highest BCUT2D eigenvalue weighted by molar-refractivity contribution is 5.95. The van der Waals surface area contributed by atoms with Gasteiger partial charge in [0.1, 0.15) is 0 Å². The van der Waals surface area contributed by atoms with Gasteiger partial charge in [0, 0.05) is 5.92 Å². The molecule has 0 aromatic carbocycles. The molecule has 0 radical (unpaired) electrons. The molecule has 5 nitrogen and oxygen atoms in total. The Kier molecular flexibility index (Phi) is 4.82. The van der Waals surface area contributed by atoms with Crippen LogP contribution in [0.25, 0.3) is 0 Å². The van der Waals surface area contributed by atoms with Crippen LogP contribution in [-0.4, -0.2) is 49.6 Å². The van der Waals surface area contributed by atoms with Gasteiger partial charge in [0.05, 0.1) is 23.4 Å². The van der Waals surface area contributed by atoms with Gasteiger partial charge in [-0.15, -0.1) is 0 Å². The van der Waals surface area contributed by atoms with E-state index >= 15 is 0 Å². The van der Waals surface area contributed by atoms with Gasteiger partial charge >= 0.3 is 0 Å². The summed E-state index contributed by atoms with van der Waals surface area (Å²) in [5, 5.41) is 43.4. The van der Waals surface area contributed by atoms with E-state index in [1.54, 1.807) is 13.8 Å². The van der Waals surface area contributed by atoms with Gasteiger partial charge in [-0.1, -0.05) is 25.0 Å². The molecule has 9 atom stereocenters. The second-order valence-electron chi connectivity index (χ2n) is 12.8. The molecule has 0 saturated heterocycles. The van der Waals surface area contributed by atoms with E-state index in [1.165, 1.54) is 11.1 Å². The van der Waals surface area contributed by atoms with E-state index in [0.29, 0.717) is 25.7 Å². The lowest BCUT2D eigenvalue weighted by Crippen LogP contribution is -2.58. The molecule has 5 rings (SSSR count). The molecular formula is C27H40O5. The number of aliphatic hydroxyl groups excluding tert-OH is 2. The topological polar surface area (TPSA) is 98.0 Å². The van der Waals surface area contributed by atoms with Gasteiger partial charge in [-0.25, -0.2) is 0 Å². The summed E-state index contributed by atoms with van der Waals surface area (Å²) in [6.07, 6.45) is 4.76. The van der Waals surface area contributed by atoms with Crippen LogP contribution in [0.1, 0.15) is 79.6 Å². The molecule has 5 heteroatoms. The highest BCUT2D eigenvalue weighted by atomic mass is 16.3. The van der Waals surface area contributed by atoms with Crippen LogP contribution in [0, 0.1) is 34.5 Å². The lowest BCUT2D eigenvalue weighted by Gasteiger charge is -2.60. The standard InChI is InChI=1S/C27H40O5/c1-14-15-6-7-25(4)17-11-20(28)18-12-21(29)22(30)13-26(18,5)16(17)10-19(23(15)25)27(14,32)9-8-24(2,3)31/h11,16,18-19,21-23,29-32H,6-10,12-13H2,1-5H3/t16-,18-,19?,21+,22-,23-,25+,26+,27-/m0/s1. The average molecular weight is 445 g/mol. The minimum atomic E-state index is -0.937. The van der Waals surface area contributed by atoms with Gasteiger partial charge < -0.3 is 20.4 Å². The zero-order valence-electron chi connectivity index (χ0n) is 20.2. The zero-order chi connectivity index (χ0) is 23.4. The van der Waals surface area contributed by atoms with Crippen LogP contribution in [0.4, 0.5) is 0 Å². The fraction of sp³-hybridized carbons (Fsp3) is 0.815. The molecule has 0 aromatic rings. The quantitative estimate of drug-likeness (QED) is 0.501. The van der Waals surface area contributed by atoms with Gasteiger partial charge in [-0.2, -0.15) is 0 Å². The molecule has 0 bridgehead atoms. The number of hydrogen-bond acceptors (Lipinski definition) is 5. The van der Waals surface area contributed by atoms with Crippen molar-refractivity contribution in [3.05, 3.63) is 22.8 Å². The third-order valence-electron chi connectivity index (χ3n) is 10.6. The number of aliphatic hydroxyl groups is 4. The Morgan fingerprint density at radius 3 is 2.47 bits per heavy atom. The fourth-order valence-electron chi connectivity index (χ4n) is 8.70. The van der Waals surface area contributed by atoms with Crippen LogP contribution >= 0.6 is 0 Å². The molecule has 4 N–H and O–H groups in total. The second kappa shape index (κ2) is 6.78. The third kappa shape index (κ3) is 2.87. The molecule has 0 aliphatic heterocycles. The Morgan fingerprint density at radius 1 is 1.12 bits per heavy atom. The first-order chi connectivity index (χ1) is 14.7. The second-order valence-corrected chi connectivity index (χ2v) is 12.8. The summed E-state index contributed by atoms with van der Waals surface area (Å²) >= 11 is 0. The van der Waals surface area contributed by atoms with E-state index in [1.807, 2.05) is 6.08 Å². The normalized spacial score (nSPS) is 50.2. The number of carbonyl (C=O) groups excluding carboxylic acids is 1. The van der Waals surface area contributed by atoms with Crippen molar-refractivity contribution in [2.24, 2.45) is 34.5 Å². The smallest absolute Gasteiger partial charge is 0.159 e. The highest BCUT2D eigenvalue weighted by Gasteiger charge is 2.67. The van der Waals surface area contributed by atoms with Crippen molar-refractivity contribution >= 4 is 5.78 Å². The first kappa shape index (κ1) is 22.8. The first-order valence-electron chi connectivity index (χ1n) is 12.5. The van der Waals surface area contributed by atoms with E-state index < -0.39 is 28.8 Å². The maximum absolute atomic E-state index is 13.3. The van der Waals surface area contributed by atoms with E-state index in [4.69, 9.17) is 0 Å². The molecule has 1 unspecified atom stereocenters. The SMILES string of the molecule is CC1=C2CC[C@]3(C)C4=CC(=O)[C@@H]5C[C@@H](O)[C@@H](O)C[C@]5(C)[C@H]4CC([C@H]23)[C@]1(O)CCC(C)(C)O. The predicted octanol–water partition coefficient (Wildman–Crippen LogP) is 3.30. The summed E-state index contributed by atoms with van der Waals surface area (Å²) < 4.78 is 0. The van der Waals surface area contributed by atoms with Gasteiger partial charge in [0.2, 0.25) is 0 Å². The number of allylic oxidation sites excluding steroid dienone is 3. The van der Waals surface area contributed by atoms with Crippen molar-refractivity contribution in [2.45, 2.75) is 103 Å². The predicted molar refractivity (Wildman–Crippen MR) is 122 cm³/mol. The van der Waals surface area contributed by atoms with Crippen LogP contribution < -0.4 is 0 Å². The molecule has 178 valence electrons. The Balaban J connectivity index is 1.60. The van der Waals surface area contributed by atoms with Crippen LogP contribution in [0.3, 0.4) is 0 Å². The molecule has 0 heterocycles. The van der Waals surface area contributed by atoms with Crippen molar-refractivity contribution in [2.75, 3.05) is 0 Å². The Morgan fingerprint density at radius 2 is 1.81 bits per heavy atom. The maximum atomic E-state index is 13.3. The molecule has 3 fully saturated rings. The lowest BCUT2D eigenvalue weighted by molar-refractivity contribution is -0.148. The van der Waals surface area contributed by atoms with Crippen molar-refractivity contribution < 1.29 is 25.2 Å². The first-order valence-corrected chi connectivity index (χ1v) is 12.5. The number of rotatable bonds is 3. The van der Waals surface area contributed by atoms with Gasteiger partial charge in [-0.3, -0.25) is 4.79 Å². The minimum Gasteiger partial charge on any atom is -0.390 e. The van der Waals surface area contributed by atoms with Gasteiger partial charge in [0.15, 0.2) is 5.78 Å². The summed E-state index contributed by atoms with van der Waals surface area (Å²) in [7, 11) is 0. The minimum absolute atomic E-state index is 0.0594. The average Bonchev–Trinajstić information content (AvgIpc) is 3.15. The fourth-order valence-corrected chi connectivity index (χ4v) is 8.70. The van der Waals surface area contributed by atoms with E-state index in [-0.39, 0.29) is 34.9 Å². The Bertz CT molecular complexity index is 911. The molecule has 0 aromatic heterocycles. The van der Waals surface area contributed by atoms with E-state index in [9.17, 15) is 25.2 Å². The Hall–Kier alpha value is -1.01. The molecule has 5 aliphatic rings. The van der Waals surface area contributed by atoms with Crippen LogP contribution in [0.15, 0.2) is 22.8 Å². The third-order valence-corrected chi connectivity index (χ3v) is 10.6. The summed E-state index contributed by atoms with van der Waals surface area (Å²) in [4.78, 5) is 13.3. The van der Waals surface area contributed by atoms with Gasteiger partial charge in [-0.05, 0) is 106 Å². The molecule has 5 aliphatic carbocycles. The number of hydrogen-bond donors (Lipinski definition) is 4. The number of ketones is 1. The number of carbonyl (C=O) groups is 1. The maximum Gasteiger partial charge on any atom is 0.159 e. The van der Waals surface area contributed by atoms with E-state index in [0.717, 1.165) is 24.8 Å². The van der Waals surface area contributed by atoms with Crippen LogP contribution in [0.5, 0.6) is 0 Å². The van der Waals surface area contributed by atoms with Crippen molar-refractivity contribution in [3.63, 3.8) is 0 Å². The van der Waals surface area contributed by atoms with Crippen LogP contribution in [-0.2, 0) is 4.79 Å². The zero-order valence-corrected chi connectivity index (χ0v) is 20.2. The van der Waals surface area contributed by atoms with E-state index in [2.05, 4.69) is 20.8 Å². The van der Waals surface area contributed by atoms with Crippen molar-refractivity contribution in [3.8, 4) is 0 Å². The van der Waals surface area contributed by atoms with Crippen LogP contribution in [0.2, 0.25) is 0 Å².